The Morgan fingerprint density at radius 1 is 1.13 bits per heavy atom. The summed E-state index contributed by atoms with van der Waals surface area (Å²) in [6, 6.07) is 12.7. The van der Waals surface area contributed by atoms with Crippen LogP contribution in [0.1, 0.15) is 26.3 Å². The number of nitrogen functional groups attached to an aromatic ring is 1. The van der Waals surface area contributed by atoms with E-state index in [9.17, 15) is 10.1 Å². The van der Waals surface area contributed by atoms with Crippen LogP contribution in [0.2, 0.25) is 0 Å². The Labute approximate surface area is 133 Å². The maximum Gasteiger partial charge on any atom is 0.270 e. The molecule has 2 aromatic carbocycles. The first kappa shape index (κ1) is 15.0. The number of nitro groups is 1. The van der Waals surface area contributed by atoms with E-state index in [1.807, 2.05) is 12.1 Å². The van der Waals surface area contributed by atoms with E-state index in [2.05, 4.69) is 38.0 Å². The molecule has 0 radical (unpaired) electrons. The molecule has 0 amide bonds. The van der Waals surface area contributed by atoms with Gasteiger partial charge in [-0.1, -0.05) is 32.9 Å². The third kappa shape index (κ3) is 2.63. The van der Waals surface area contributed by atoms with Gasteiger partial charge in [-0.05, 0) is 29.2 Å². The maximum atomic E-state index is 10.9. The molecule has 0 spiro atoms. The molecule has 2 N–H and O–H groups in total. The molecule has 0 aliphatic heterocycles. The molecular weight excluding hydrogens is 292 g/mol. The Bertz CT molecular complexity index is 889. The predicted octanol–water partition coefficient (Wildman–Crippen LogP) is 3.81. The molecule has 3 rings (SSSR count). The summed E-state index contributed by atoms with van der Waals surface area (Å²) in [5.74, 6) is 0.281. The topological polar surface area (TPSA) is 87.0 Å². The van der Waals surface area contributed by atoms with Crippen molar-refractivity contribution in [1.29, 1.82) is 0 Å². The van der Waals surface area contributed by atoms with Crippen molar-refractivity contribution in [1.82, 2.24) is 9.78 Å². The van der Waals surface area contributed by atoms with Crippen molar-refractivity contribution in [2.75, 3.05) is 5.73 Å². The van der Waals surface area contributed by atoms with Gasteiger partial charge in [0.05, 0.1) is 21.5 Å². The van der Waals surface area contributed by atoms with Crippen LogP contribution < -0.4 is 5.73 Å². The molecule has 23 heavy (non-hydrogen) atoms. The lowest BCUT2D eigenvalue weighted by molar-refractivity contribution is -0.384. The molecular formula is C17H18N4O2. The Morgan fingerprint density at radius 2 is 1.78 bits per heavy atom. The van der Waals surface area contributed by atoms with Gasteiger partial charge in [0.1, 0.15) is 0 Å². The number of hydrogen-bond acceptors (Lipinski definition) is 4. The third-order valence-electron chi connectivity index (χ3n) is 3.88. The first-order valence-corrected chi connectivity index (χ1v) is 7.31. The second-order valence-corrected chi connectivity index (χ2v) is 6.55. The van der Waals surface area contributed by atoms with E-state index in [-0.39, 0.29) is 16.9 Å². The summed E-state index contributed by atoms with van der Waals surface area (Å²) in [4.78, 5) is 10.5. The number of benzene rings is 2. The number of rotatable bonds is 2. The number of nitrogens with zero attached hydrogens (tertiary/aromatic N) is 3. The first-order valence-electron chi connectivity index (χ1n) is 7.31. The van der Waals surface area contributed by atoms with Gasteiger partial charge in [-0.25, -0.2) is 4.68 Å². The highest BCUT2D eigenvalue weighted by Crippen LogP contribution is 2.29. The van der Waals surface area contributed by atoms with Crippen LogP contribution in [0.5, 0.6) is 0 Å². The first-order chi connectivity index (χ1) is 10.8. The van der Waals surface area contributed by atoms with E-state index in [0.29, 0.717) is 5.39 Å². The van der Waals surface area contributed by atoms with E-state index in [0.717, 1.165) is 11.2 Å². The quantitative estimate of drug-likeness (QED) is 0.576. The Morgan fingerprint density at radius 3 is 2.35 bits per heavy atom. The Hall–Kier alpha value is -2.89. The summed E-state index contributed by atoms with van der Waals surface area (Å²) >= 11 is 0. The van der Waals surface area contributed by atoms with Crippen molar-refractivity contribution in [3.8, 4) is 5.69 Å². The van der Waals surface area contributed by atoms with Crippen molar-refractivity contribution in [3.05, 3.63) is 58.1 Å². The molecule has 118 valence electrons. The van der Waals surface area contributed by atoms with Crippen LogP contribution in [0.3, 0.4) is 0 Å². The Kier molecular flexibility index (Phi) is 3.32. The van der Waals surface area contributed by atoms with Gasteiger partial charge in [0.15, 0.2) is 5.82 Å². The SMILES string of the molecule is CC(C)(C)c1ccc(-n2nc(N)c3cc([N+](=O)[O-])ccc32)cc1. The van der Waals surface area contributed by atoms with Gasteiger partial charge >= 0.3 is 0 Å². The second kappa shape index (κ2) is 5.08. The zero-order valence-electron chi connectivity index (χ0n) is 13.3. The van der Waals surface area contributed by atoms with Crippen molar-refractivity contribution >= 4 is 22.4 Å². The molecule has 0 atom stereocenters. The molecule has 0 fully saturated rings. The van der Waals surface area contributed by atoms with Gasteiger partial charge in [-0.15, -0.1) is 5.10 Å². The van der Waals surface area contributed by atoms with Crippen LogP contribution in [0.4, 0.5) is 11.5 Å². The number of non-ortho nitro benzene ring substituents is 1. The summed E-state index contributed by atoms with van der Waals surface area (Å²) in [5.41, 5.74) is 8.85. The molecule has 0 unspecified atom stereocenters. The van der Waals surface area contributed by atoms with Crippen molar-refractivity contribution in [2.45, 2.75) is 26.2 Å². The van der Waals surface area contributed by atoms with Gasteiger partial charge in [0.25, 0.3) is 5.69 Å². The van der Waals surface area contributed by atoms with E-state index in [1.165, 1.54) is 17.7 Å². The second-order valence-electron chi connectivity index (χ2n) is 6.55. The van der Waals surface area contributed by atoms with Crippen LogP contribution in [0, 0.1) is 10.1 Å². The average Bonchev–Trinajstić information content (AvgIpc) is 2.83. The summed E-state index contributed by atoms with van der Waals surface area (Å²) in [6.45, 7) is 6.47. The normalized spacial score (nSPS) is 11.8. The summed E-state index contributed by atoms with van der Waals surface area (Å²) in [7, 11) is 0. The average molecular weight is 310 g/mol. The minimum atomic E-state index is -0.436. The standard InChI is InChI=1S/C17H18N4O2/c1-17(2,3)11-4-6-12(7-5-11)20-15-9-8-13(21(22)23)10-14(15)16(18)19-20/h4-10H,1-3H3,(H2,18,19). The van der Waals surface area contributed by atoms with Gasteiger partial charge in [0.2, 0.25) is 0 Å². The molecule has 0 aliphatic carbocycles. The number of aromatic nitrogens is 2. The van der Waals surface area contributed by atoms with E-state index >= 15 is 0 Å². The summed E-state index contributed by atoms with van der Waals surface area (Å²) < 4.78 is 1.71. The predicted molar refractivity (Wildman–Crippen MR) is 90.8 cm³/mol. The molecule has 0 aliphatic rings. The summed E-state index contributed by atoms with van der Waals surface area (Å²) in [5, 5.41) is 15.8. The minimum absolute atomic E-state index is 0.00632. The zero-order valence-corrected chi connectivity index (χ0v) is 13.3. The lowest BCUT2D eigenvalue weighted by Crippen LogP contribution is -2.11. The molecule has 1 aromatic heterocycles. The highest BCUT2D eigenvalue weighted by Gasteiger charge is 2.16. The lowest BCUT2D eigenvalue weighted by atomic mass is 9.87. The van der Waals surface area contributed by atoms with Gasteiger partial charge < -0.3 is 5.73 Å². The number of anilines is 1. The number of nitro benzene ring substituents is 1. The van der Waals surface area contributed by atoms with E-state index in [1.54, 1.807) is 10.7 Å². The van der Waals surface area contributed by atoms with E-state index in [4.69, 9.17) is 5.73 Å². The fourth-order valence-corrected chi connectivity index (χ4v) is 2.54. The van der Waals surface area contributed by atoms with Crippen LogP contribution >= 0.6 is 0 Å². The molecule has 0 bridgehead atoms. The molecule has 6 nitrogen and oxygen atoms in total. The molecule has 0 saturated carbocycles. The van der Waals surface area contributed by atoms with Crippen molar-refractivity contribution in [3.63, 3.8) is 0 Å². The molecule has 3 aromatic rings. The number of fused-ring (bicyclic) bond motifs is 1. The zero-order chi connectivity index (χ0) is 16.8. The van der Waals surface area contributed by atoms with Gasteiger partial charge in [-0.3, -0.25) is 10.1 Å². The van der Waals surface area contributed by atoms with Crippen molar-refractivity contribution in [2.24, 2.45) is 0 Å². The third-order valence-corrected chi connectivity index (χ3v) is 3.88. The highest BCUT2D eigenvalue weighted by molar-refractivity contribution is 5.92. The van der Waals surface area contributed by atoms with Gasteiger partial charge in [-0.2, -0.15) is 0 Å². The fraction of sp³-hybridized carbons (Fsp3) is 0.235. The Balaban J connectivity index is 2.12. The maximum absolute atomic E-state index is 10.9. The number of nitrogens with two attached hydrogens (primary N) is 1. The monoisotopic (exact) mass is 310 g/mol. The molecule has 1 heterocycles. The van der Waals surface area contributed by atoms with Gasteiger partial charge in [0, 0.05) is 12.1 Å². The van der Waals surface area contributed by atoms with Crippen LogP contribution in [-0.2, 0) is 5.41 Å². The fourth-order valence-electron chi connectivity index (χ4n) is 2.54. The van der Waals surface area contributed by atoms with Crippen LogP contribution in [0.25, 0.3) is 16.6 Å². The molecule has 6 heteroatoms. The van der Waals surface area contributed by atoms with Crippen LogP contribution in [0.15, 0.2) is 42.5 Å². The largest absolute Gasteiger partial charge is 0.382 e. The number of hydrogen-bond donors (Lipinski definition) is 1. The summed E-state index contributed by atoms with van der Waals surface area (Å²) in [6.07, 6.45) is 0. The smallest absolute Gasteiger partial charge is 0.270 e. The van der Waals surface area contributed by atoms with E-state index < -0.39 is 4.92 Å². The van der Waals surface area contributed by atoms with Crippen LogP contribution in [-0.4, -0.2) is 14.7 Å². The lowest BCUT2D eigenvalue weighted by Gasteiger charge is -2.19. The highest BCUT2D eigenvalue weighted by atomic mass is 16.6. The van der Waals surface area contributed by atoms with Crippen molar-refractivity contribution < 1.29 is 4.92 Å². The molecule has 0 saturated heterocycles. The minimum Gasteiger partial charge on any atom is -0.382 e.